The van der Waals surface area contributed by atoms with Crippen molar-refractivity contribution >= 4 is 86.8 Å². The Bertz CT molecular complexity index is 2330. The topological polar surface area (TPSA) is 81.3 Å². The summed E-state index contributed by atoms with van der Waals surface area (Å²) in [6, 6.07) is 48.6. The first-order valence-electron chi connectivity index (χ1n) is 16.9. The predicted octanol–water partition coefficient (Wildman–Crippen LogP) is 12.1. The van der Waals surface area contributed by atoms with E-state index in [-0.39, 0.29) is 0 Å². The van der Waals surface area contributed by atoms with E-state index in [2.05, 4.69) is 92.6 Å². The van der Waals surface area contributed by atoms with Crippen molar-refractivity contribution < 1.29 is 13.3 Å². The molecule has 7 heteroatoms. The number of rotatable bonds is 9. The number of fused-ring (bicyclic) bond motifs is 3. The molecular formula is C45H30N4O3. The molecule has 248 valence electrons. The van der Waals surface area contributed by atoms with E-state index in [1.165, 1.54) is 0 Å². The number of hydrogen-bond donors (Lipinski definition) is 0. The number of oxazole rings is 3. The molecule has 3 aromatic heterocycles. The third-order valence-electron chi connectivity index (χ3n) is 8.64. The van der Waals surface area contributed by atoms with Crippen molar-refractivity contribution in [2.24, 2.45) is 0 Å². The quantitative estimate of drug-likeness (QED) is 0.151. The van der Waals surface area contributed by atoms with Crippen LogP contribution in [0.5, 0.6) is 0 Å². The Kier molecular flexibility index (Phi) is 8.04. The molecule has 6 aromatic carbocycles. The van der Waals surface area contributed by atoms with Crippen LogP contribution in [-0.2, 0) is 0 Å². The minimum Gasteiger partial charge on any atom is -0.437 e. The fourth-order valence-electron chi connectivity index (χ4n) is 6.04. The van der Waals surface area contributed by atoms with Crippen LogP contribution in [0.4, 0.5) is 17.1 Å². The number of benzene rings is 6. The number of hydrogen-bond acceptors (Lipinski definition) is 7. The largest absolute Gasteiger partial charge is 0.437 e. The van der Waals surface area contributed by atoms with Gasteiger partial charge in [-0.2, -0.15) is 0 Å². The van der Waals surface area contributed by atoms with Crippen molar-refractivity contribution in [2.75, 3.05) is 4.90 Å². The van der Waals surface area contributed by atoms with E-state index in [0.717, 1.165) is 67.1 Å². The summed E-state index contributed by atoms with van der Waals surface area (Å²) in [6.45, 7) is 0. The summed E-state index contributed by atoms with van der Waals surface area (Å²) in [4.78, 5) is 15.9. The van der Waals surface area contributed by atoms with Gasteiger partial charge in [0.15, 0.2) is 16.7 Å². The van der Waals surface area contributed by atoms with Crippen molar-refractivity contribution in [3.8, 4) is 0 Å². The molecule has 0 saturated carbocycles. The molecule has 0 aliphatic carbocycles. The van der Waals surface area contributed by atoms with E-state index >= 15 is 0 Å². The second kappa shape index (κ2) is 13.6. The minimum atomic E-state index is 0.572. The van der Waals surface area contributed by atoms with Crippen molar-refractivity contribution in [1.29, 1.82) is 0 Å². The van der Waals surface area contributed by atoms with Crippen LogP contribution in [0.15, 0.2) is 159 Å². The molecule has 9 aromatic rings. The molecule has 7 nitrogen and oxygen atoms in total. The van der Waals surface area contributed by atoms with Gasteiger partial charge in [0, 0.05) is 35.3 Å². The fourth-order valence-corrected chi connectivity index (χ4v) is 6.04. The van der Waals surface area contributed by atoms with E-state index in [1.807, 2.05) is 109 Å². The Hall–Kier alpha value is -7.25. The molecule has 0 saturated heterocycles. The van der Waals surface area contributed by atoms with Gasteiger partial charge in [0.25, 0.3) is 0 Å². The molecule has 0 unspecified atom stereocenters. The molecule has 0 fully saturated rings. The molecule has 0 radical (unpaired) electrons. The highest BCUT2D eigenvalue weighted by molar-refractivity contribution is 5.82. The van der Waals surface area contributed by atoms with Crippen LogP contribution in [0.25, 0.3) is 69.8 Å². The van der Waals surface area contributed by atoms with Gasteiger partial charge in [-0.3, -0.25) is 0 Å². The summed E-state index contributed by atoms with van der Waals surface area (Å²) >= 11 is 0. The fraction of sp³-hybridized carbons (Fsp3) is 0. The number of anilines is 3. The summed E-state index contributed by atoms with van der Waals surface area (Å²) in [7, 11) is 0. The number of aromatic nitrogens is 3. The van der Waals surface area contributed by atoms with Crippen molar-refractivity contribution in [3.63, 3.8) is 0 Å². The maximum absolute atomic E-state index is 5.87. The summed E-state index contributed by atoms with van der Waals surface area (Å²) in [5.41, 5.74) is 11.0. The van der Waals surface area contributed by atoms with Crippen molar-refractivity contribution in [2.45, 2.75) is 0 Å². The van der Waals surface area contributed by atoms with Gasteiger partial charge in [0.1, 0.15) is 16.6 Å². The van der Waals surface area contributed by atoms with Crippen molar-refractivity contribution in [1.82, 2.24) is 15.0 Å². The second-order valence-corrected chi connectivity index (χ2v) is 12.2. The molecule has 52 heavy (non-hydrogen) atoms. The normalized spacial score (nSPS) is 12.0. The van der Waals surface area contributed by atoms with Gasteiger partial charge in [-0.05, 0) is 108 Å². The highest BCUT2D eigenvalue weighted by Crippen LogP contribution is 2.35. The van der Waals surface area contributed by atoms with Crippen LogP contribution in [0.1, 0.15) is 34.4 Å². The zero-order valence-corrected chi connectivity index (χ0v) is 27.8. The monoisotopic (exact) mass is 674 g/mol. The van der Waals surface area contributed by atoms with Gasteiger partial charge >= 0.3 is 0 Å². The lowest BCUT2D eigenvalue weighted by Gasteiger charge is -2.26. The van der Waals surface area contributed by atoms with E-state index < -0.39 is 0 Å². The van der Waals surface area contributed by atoms with Gasteiger partial charge in [0.05, 0.1) is 0 Å². The summed E-state index contributed by atoms with van der Waals surface area (Å²) in [6.07, 6.45) is 11.7. The third-order valence-corrected chi connectivity index (χ3v) is 8.64. The molecule has 0 aliphatic heterocycles. The molecule has 0 atom stereocenters. The Morgan fingerprint density at radius 3 is 0.904 bits per heavy atom. The van der Waals surface area contributed by atoms with Crippen LogP contribution < -0.4 is 4.90 Å². The lowest BCUT2D eigenvalue weighted by atomic mass is 10.1. The van der Waals surface area contributed by atoms with Gasteiger partial charge in [0.2, 0.25) is 17.7 Å². The zero-order valence-electron chi connectivity index (χ0n) is 27.8. The van der Waals surface area contributed by atoms with Crippen LogP contribution in [0.2, 0.25) is 0 Å². The van der Waals surface area contributed by atoms with Gasteiger partial charge in [-0.1, -0.05) is 72.8 Å². The molecule has 0 amide bonds. The first kappa shape index (κ1) is 30.8. The SMILES string of the molecule is C(=C\c1nc2ccccc2o1)/c1ccc(N(c2ccc(/C=C/c3nc4ccccc4o3)cc2)c2ccc(/C=C/c3nc4ccccc4o3)cc2)cc1. The minimum absolute atomic E-state index is 0.572. The van der Waals surface area contributed by atoms with E-state index in [4.69, 9.17) is 13.3 Å². The molecule has 0 aliphatic rings. The Labute approximate surface area is 299 Å². The lowest BCUT2D eigenvalue weighted by molar-refractivity contribution is 0.589. The van der Waals surface area contributed by atoms with E-state index in [0.29, 0.717) is 17.7 Å². The first-order valence-corrected chi connectivity index (χ1v) is 16.9. The molecular weight excluding hydrogens is 645 g/mol. The first-order chi connectivity index (χ1) is 25.7. The predicted molar refractivity (Wildman–Crippen MR) is 210 cm³/mol. The highest BCUT2D eigenvalue weighted by Gasteiger charge is 2.13. The molecule has 0 N–H and O–H groups in total. The zero-order chi connectivity index (χ0) is 34.7. The molecule has 3 heterocycles. The summed E-state index contributed by atoms with van der Waals surface area (Å²) in [5, 5.41) is 0. The van der Waals surface area contributed by atoms with E-state index in [9.17, 15) is 0 Å². The van der Waals surface area contributed by atoms with Crippen LogP contribution in [0, 0.1) is 0 Å². The molecule has 9 rings (SSSR count). The second-order valence-electron chi connectivity index (χ2n) is 12.2. The van der Waals surface area contributed by atoms with Gasteiger partial charge in [-0.15, -0.1) is 0 Å². The standard InChI is InChI=1S/C45H30N4O3/c1-4-10-40-37(7-1)46-43(50-40)28-19-31-13-22-34(23-14-31)49(35-24-15-32(16-25-35)20-29-44-47-38-8-2-5-11-41(38)51-44)36-26-17-33(18-27-36)21-30-45-48-39-9-3-6-12-42(39)52-45/h1-30H/b28-19+,29-20+,30-21+. The van der Waals surface area contributed by atoms with Crippen LogP contribution >= 0.6 is 0 Å². The Morgan fingerprint density at radius 1 is 0.327 bits per heavy atom. The van der Waals surface area contributed by atoms with Gasteiger partial charge < -0.3 is 18.2 Å². The lowest BCUT2D eigenvalue weighted by Crippen LogP contribution is -2.09. The maximum atomic E-state index is 5.87. The average molecular weight is 675 g/mol. The summed E-state index contributed by atoms with van der Waals surface area (Å²) < 4.78 is 17.6. The highest BCUT2D eigenvalue weighted by atomic mass is 16.4. The Morgan fingerprint density at radius 2 is 0.615 bits per heavy atom. The maximum Gasteiger partial charge on any atom is 0.220 e. The number of nitrogens with zero attached hydrogens (tertiary/aromatic N) is 4. The summed E-state index contributed by atoms with van der Waals surface area (Å²) in [5.74, 6) is 1.71. The molecule has 0 spiro atoms. The van der Waals surface area contributed by atoms with Crippen LogP contribution in [-0.4, -0.2) is 15.0 Å². The van der Waals surface area contributed by atoms with Gasteiger partial charge in [-0.25, -0.2) is 15.0 Å². The number of para-hydroxylation sites is 6. The molecule has 0 bridgehead atoms. The third kappa shape index (κ3) is 6.54. The van der Waals surface area contributed by atoms with Crippen molar-refractivity contribution in [3.05, 3.63) is 180 Å². The Balaban J connectivity index is 0.989. The average Bonchev–Trinajstić information content (AvgIpc) is 3.93. The van der Waals surface area contributed by atoms with E-state index in [1.54, 1.807) is 0 Å². The van der Waals surface area contributed by atoms with Crippen LogP contribution in [0.3, 0.4) is 0 Å². The smallest absolute Gasteiger partial charge is 0.220 e.